The molecule has 0 bridgehead atoms. The molecule has 0 aromatic carbocycles. The van der Waals surface area contributed by atoms with E-state index in [1.165, 1.54) is 6.21 Å². The lowest BCUT2D eigenvalue weighted by molar-refractivity contribution is -0.112. The van der Waals surface area contributed by atoms with Gasteiger partial charge in [0.15, 0.2) is 5.78 Å². The lowest BCUT2D eigenvalue weighted by atomic mass is 10.5. The van der Waals surface area contributed by atoms with Crippen LogP contribution in [-0.2, 0) is 4.79 Å². The van der Waals surface area contributed by atoms with Crippen LogP contribution in [0.3, 0.4) is 0 Å². The summed E-state index contributed by atoms with van der Waals surface area (Å²) < 4.78 is 0. The van der Waals surface area contributed by atoms with Crippen molar-refractivity contribution in [1.29, 1.82) is 0 Å². The summed E-state index contributed by atoms with van der Waals surface area (Å²) in [7, 11) is 0. The molecule has 0 radical (unpaired) electrons. The molecular weight excluding hydrogens is 94.1 g/mol. The third-order valence-electron chi connectivity index (χ3n) is 0.668. The number of hydrogen-bond acceptors (Lipinski definition) is 4. The number of nitrogens with zero attached hydrogens (tertiary/aromatic N) is 2. The SMILES string of the molecule is NN1CC(=O)C=N1. The van der Waals surface area contributed by atoms with Crippen molar-refractivity contribution in [2.24, 2.45) is 10.9 Å². The van der Waals surface area contributed by atoms with Gasteiger partial charge < -0.3 is 0 Å². The van der Waals surface area contributed by atoms with Gasteiger partial charge in [-0.05, 0) is 0 Å². The third kappa shape index (κ3) is 0.747. The molecule has 0 spiro atoms. The average Bonchev–Trinajstić information content (AvgIpc) is 1.87. The van der Waals surface area contributed by atoms with E-state index in [1.807, 2.05) is 0 Å². The lowest BCUT2D eigenvalue weighted by Crippen LogP contribution is -2.24. The van der Waals surface area contributed by atoms with E-state index in [0.29, 0.717) is 0 Å². The number of hydrogen-bond donors (Lipinski definition) is 1. The van der Waals surface area contributed by atoms with Gasteiger partial charge in [0.05, 0.1) is 6.21 Å². The van der Waals surface area contributed by atoms with Gasteiger partial charge in [0.2, 0.25) is 0 Å². The van der Waals surface area contributed by atoms with Gasteiger partial charge in [-0.2, -0.15) is 5.10 Å². The van der Waals surface area contributed by atoms with E-state index in [4.69, 9.17) is 5.84 Å². The number of rotatable bonds is 0. The molecule has 0 saturated heterocycles. The maximum absolute atomic E-state index is 10.2. The van der Waals surface area contributed by atoms with Gasteiger partial charge in [-0.25, -0.2) is 11.0 Å². The normalized spacial score (nSPS) is 19.0. The Morgan fingerprint density at radius 1 is 2.00 bits per heavy atom. The summed E-state index contributed by atoms with van der Waals surface area (Å²) in [6.45, 7) is 0.222. The smallest absolute Gasteiger partial charge is 0.198 e. The molecule has 1 aliphatic rings. The molecule has 0 fully saturated rings. The first-order valence-electron chi connectivity index (χ1n) is 1.88. The van der Waals surface area contributed by atoms with E-state index in [-0.39, 0.29) is 12.3 Å². The molecule has 4 nitrogen and oxygen atoms in total. The standard InChI is InChI=1S/C3H5N3O/c4-6-2-3(7)1-5-6/h1H,2,4H2. The summed E-state index contributed by atoms with van der Waals surface area (Å²) in [6, 6.07) is 0. The Bertz CT molecular complexity index is 119. The first kappa shape index (κ1) is 4.26. The van der Waals surface area contributed by atoms with E-state index in [1.54, 1.807) is 0 Å². The summed E-state index contributed by atoms with van der Waals surface area (Å²) in [5, 5.41) is 4.55. The minimum Gasteiger partial charge on any atom is -0.291 e. The number of carbonyl (C=O) groups is 1. The van der Waals surface area contributed by atoms with E-state index < -0.39 is 0 Å². The minimum absolute atomic E-state index is 0.0394. The number of hydrazone groups is 1. The summed E-state index contributed by atoms with van der Waals surface area (Å²) in [5.74, 6) is 5.00. The fourth-order valence-corrected chi connectivity index (χ4v) is 0.380. The maximum Gasteiger partial charge on any atom is 0.198 e. The molecule has 38 valence electrons. The average molecular weight is 99.1 g/mol. The van der Waals surface area contributed by atoms with E-state index in [9.17, 15) is 4.79 Å². The van der Waals surface area contributed by atoms with Gasteiger partial charge >= 0.3 is 0 Å². The first-order valence-corrected chi connectivity index (χ1v) is 1.88. The van der Waals surface area contributed by atoms with Crippen molar-refractivity contribution >= 4 is 12.0 Å². The van der Waals surface area contributed by atoms with Crippen molar-refractivity contribution < 1.29 is 4.79 Å². The first-order chi connectivity index (χ1) is 3.29. The highest BCUT2D eigenvalue weighted by Gasteiger charge is 2.07. The minimum atomic E-state index is -0.0394. The predicted molar refractivity (Wildman–Crippen MR) is 24.4 cm³/mol. The molecule has 0 aromatic heterocycles. The summed E-state index contributed by atoms with van der Waals surface area (Å²) in [4.78, 5) is 10.2. The van der Waals surface area contributed by atoms with Crippen molar-refractivity contribution in [3.05, 3.63) is 0 Å². The Morgan fingerprint density at radius 3 is 2.86 bits per heavy atom. The number of Topliss-reactive ketones (excluding diaryl/α,β-unsaturated/α-hetero) is 1. The highest BCUT2D eigenvalue weighted by atomic mass is 16.1. The number of hydrazine groups is 1. The van der Waals surface area contributed by atoms with Crippen LogP contribution in [-0.4, -0.2) is 23.7 Å². The van der Waals surface area contributed by atoms with Gasteiger partial charge in [-0.1, -0.05) is 0 Å². The van der Waals surface area contributed by atoms with E-state index >= 15 is 0 Å². The van der Waals surface area contributed by atoms with Crippen LogP contribution >= 0.6 is 0 Å². The predicted octanol–water partition coefficient (Wildman–Crippen LogP) is -1.27. The molecule has 1 aliphatic heterocycles. The maximum atomic E-state index is 10.2. The molecule has 0 atom stereocenters. The van der Waals surface area contributed by atoms with Crippen LogP contribution in [0.15, 0.2) is 5.10 Å². The van der Waals surface area contributed by atoms with Gasteiger partial charge in [0, 0.05) is 0 Å². The molecule has 0 saturated carbocycles. The zero-order valence-corrected chi connectivity index (χ0v) is 3.66. The molecule has 0 aromatic rings. The summed E-state index contributed by atoms with van der Waals surface area (Å²) >= 11 is 0. The van der Waals surface area contributed by atoms with Crippen molar-refractivity contribution in [1.82, 2.24) is 5.12 Å². The number of ketones is 1. The zero-order chi connectivity index (χ0) is 5.28. The van der Waals surface area contributed by atoms with Gasteiger partial charge in [0.1, 0.15) is 6.54 Å². The highest BCUT2D eigenvalue weighted by molar-refractivity contribution is 6.29. The second kappa shape index (κ2) is 1.31. The quantitative estimate of drug-likeness (QED) is 0.385. The molecule has 0 aliphatic carbocycles. The Hall–Kier alpha value is -0.900. The Balaban J connectivity index is 2.58. The molecule has 0 unspecified atom stereocenters. The monoisotopic (exact) mass is 99.0 g/mol. The molecule has 0 amide bonds. The summed E-state index contributed by atoms with van der Waals surface area (Å²) in [6.07, 6.45) is 1.21. The van der Waals surface area contributed by atoms with Crippen LogP contribution in [0.25, 0.3) is 0 Å². The largest absolute Gasteiger partial charge is 0.291 e. The fraction of sp³-hybridized carbons (Fsp3) is 0.333. The molecular formula is C3H5N3O. The third-order valence-corrected chi connectivity index (χ3v) is 0.668. The Morgan fingerprint density at radius 2 is 2.71 bits per heavy atom. The molecule has 2 N–H and O–H groups in total. The van der Waals surface area contributed by atoms with Crippen molar-refractivity contribution in [2.45, 2.75) is 0 Å². The van der Waals surface area contributed by atoms with E-state index in [2.05, 4.69) is 5.10 Å². The van der Waals surface area contributed by atoms with Gasteiger partial charge in [-0.3, -0.25) is 4.79 Å². The summed E-state index contributed by atoms with van der Waals surface area (Å²) in [5.41, 5.74) is 0. The van der Waals surface area contributed by atoms with Crippen LogP contribution < -0.4 is 5.84 Å². The lowest BCUT2D eigenvalue weighted by Gasteiger charge is -1.98. The van der Waals surface area contributed by atoms with Crippen LogP contribution in [0.5, 0.6) is 0 Å². The van der Waals surface area contributed by atoms with Crippen molar-refractivity contribution in [3.8, 4) is 0 Å². The molecule has 4 heteroatoms. The molecule has 1 heterocycles. The Kier molecular flexibility index (Phi) is 0.796. The van der Waals surface area contributed by atoms with E-state index in [0.717, 1.165) is 5.12 Å². The number of carbonyl (C=O) groups excluding carboxylic acids is 1. The second-order valence-electron chi connectivity index (χ2n) is 1.31. The zero-order valence-electron chi connectivity index (χ0n) is 3.66. The number of nitrogens with two attached hydrogens (primary N) is 1. The topological polar surface area (TPSA) is 58.7 Å². The van der Waals surface area contributed by atoms with Crippen molar-refractivity contribution in [3.63, 3.8) is 0 Å². The van der Waals surface area contributed by atoms with Crippen LogP contribution in [0, 0.1) is 0 Å². The highest BCUT2D eigenvalue weighted by Crippen LogP contribution is 1.85. The molecule has 1 rings (SSSR count). The Labute approximate surface area is 40.6 Å². The molecule has 7 heavy (non-hydrogen) atoms. The van der Waals surface area contributed by atoms with Crippen LogP contribution in [0.4, 0.5) is 0 Å². The van der Waals surface area contributed by atoms with Crippen LogP contribution in [0.2, 0.25) is 0 Å². The fourth-order valence-electron chi connectivity index (χ4n) is 0.380. The second-order valence-corrected chi connectivity index (χ2v) is 1.31. The van der Waals surface area contributed by atoms with Gasteiger partial charge in [0.25, 0.3) is 0 Å². The van der Waals surface area contributed by atoms with Gasteiger partial charge in [-0.15, -0.1) is 0 Å². The van der Waals surface area contributed by atoms with Crippen molar-refractivity contribution in [2.75, 3.05) is 6.54 Å². The van der Waals surface area contributed by atoms with Crippen LogP contribution in [0.1, 0.15) is 0 Å².